The first-order chi connectivity index (χ1) is 10.6. The number of rotatable bonds is 4. The van der Waals surface area contributed by atoms with Gasteiger partial charge in [-0.3, -0.25) is 14.6 Å². The van der Waals surface area contributed by atoms with Gasteiger partial charge in [0.05, 0.1) is 18.4 Å². The highest BCUT2D eigenvalue weighted by Crippen LogP contribution is 2.32. The average Bonchev–Trinajstić information content (AvgIpc) is 3.17. The standard InChI is InChI=1S/C14H12N4O3S/c15-11(19)10-14(18-12(20)9-3-6-21-7-9)22-13(17-10)8-1-4-16-5-2-8/h1-2,4-5,7H,3,6H2,(H2,15,19)(H,18,20). The van der Waals surface area contributed by atoms with E-state index in [1.54, 1.807) is 24.5 Å². The van der Waals surface area contributed by atoms with Gasteiger partial charge in [0.25, 0.3) is 11.8 Å². The summed E-state index contributed by atoms with van der Waals surface area (Å²) in [7, 11) is 0. The number of nitrogens with two attached hydrogens (primary N) is 1. The highest BCUT2D eigenvalue weighted by Gasteiger charge is 2.21. The van der Waals surface area contributed by atoms with Crippen LogP contribution in [0.5, 0.6) is 0 Å². The zero-order valence-electron chi connectivity index (χ0n) is 11.4. The Labute approximate surface area is 129 Å². The van der Waals surface area contributed by atoms with Gasteiger partial charge in [-0.15, -0.1) is 0 Å². The molecular formula is C14H12N4O3S. The molecule has 1 aliphatic rings. The van der Waals surface area contributed by atoms with Gasteiger partial charge in [-0.05, 0) is 12.1 Å². The molecule has 0 bridgehead atoms. The van der Waals surface area contributed by atoms with Gasteiger partial charge in [0.2, 0.25) is 0 Å². The van der Waals surface area contributed by atoms with E-state index in [2.05, 4.69) is 15.3 Å². The quantitative estimate of drug-likeness (QED) is 0.890. The Bertz CT molecular complexity index is 755. The monoisotopic (exact) mass is 316 g/mol. The molecule has 0 spiro atoms. The maximum atomic E-state index is 12.1. The first-order valence-electron chi connectivity index (χ1n) is 6.48. The van der Waals surface area contributed by atoms with Crippen LogP contribution in [0.1, 0.15) is 16.9 Å². The normalized spacial score (nSPS) is 13.4. The third-order valence-electron chi connectivity index (χ3n) is 3.02. The van der Waals surface area contributed by atoms with Crippen molar-refractivity contribution in [1.82, 2.24) is 9.97 Å². The minimum absolute atomic E-state index is 0.0460. The fraction of sp³-hybridized carbons (Fsp3) is 0.143. The number of nitrogens with zero attached hydrogens (tertiary/aromatic N) is 2. The number of pyridine rings is 1. The van der Waals surface area contributed by atoms with Gasteiger partial charge in [0, 0.05) is 24.4 Å². The Kier molecular flexibility index (Phi) is 3.84. The number of nitrogens with one attached hydrogen (secondary N) is 1. The summed E-state index contributed by atoms with van der Waals surface area (Å²) in [5.74, 6) is -1.01. The number of carbonyl (C=O) groups excluding carboxylic acids is 2. The Hall–Kier alpha value is -2.74. The summed E-state index contributed by atoms with van der Waals surface area (Å²) in [5, 5.41) is 3.59. The lowest BCUT2D eigenvalue weighted by atomic mass is 10.2. The number of ether oxygens (including phenoxy) is 1. The van der Waals surface area contributed by atoms with Crippen LogP contribution in [0.25, 0.3) is 10.6 Å². The Morgan fingerprint density at radius 2 is 2.09 bits per heavy atom. The lowest BCUT2D eigenvalue weighted by molar-refractivity contribution is -0.112. The zero-order chi connectivity index (χ0) is 15.5. The number of aromatic nitrogens is 2. The first-order valence-corrected chi connectivity index (χ1v) is 7.30. The van der Waals surface area contributed by atoms with Crippen LogP contribution in [-0.4, -0.2) is 28.4 Å². The van der Waals surface area contributed by atoms with E-state index in [0.717, 1.165) is 5.56 Å². The van der Waals surface area contributed by atoms with Crippen LogP contribution in [0.2, 0.25) is 0 Å². The van der Waals surface area contributed by atoms with E-state index >= 15 is 0 Å². The van der Waals surface area contributed by atoms with Gasteiger partial charge in [0.1, 0.15) is 10.0 Å². The molecule has 2 aromatic heterocycles. The number of carbonyl (C=O) groups is 2. The predicted molar refractivity (Wildman–Crippen MR) is 81.1 cm³/mol. The van der Waals surface area contributed by atoms with Crippen LogP contribution in [0.3, 0.4) is 0 Å². The molecule has 0 saturated heterocycles. The summed E-state index contributed by atoms with van der Waals surface area (Å²) in [6.07, 6.45) is 5.21. The van der Waals surface area contributed by atoms with Crippen LogP contribution in [0.15, 0.2) is 36.4 Å². The lowest BCUT2D eigenvalue weighted by Gasteiger charge is -2.02. The first kappa shape index (κ1) is 14.2. The molecule has 1 aliphatic heterocycles. The molecule has 0 atom stereocenters. The van der Waals surface area contributed by atoms with Gasteiger partial charge in [-0.2, -0.15) is 0 Å². The topological polar surface area (TPSA) is 107 Å². The van der Waals surface area contributed by atoms with E-state index in [0.29, 0.717) is 28.6 Å². The number of primary amides is 1. The minimum atomic E-state index is -0.691. The fourth-order valence-electron chi connectivity index (χ4n) is 1.93. The minimum Gasteiger partial charge on any atom is -0.500 e. The lowest BCUT2D eigenvalue weighted by Crippen LogP contribution is -2.18. The second-order valence-electron chi connectivity index (χ2n) is 4.51. The molecular weight excluding hydrogens is 304 g/mol. The number of thiazole rings is 1. The molecule has 8 heteroatoms. The van der Waals surface area contributed by atoms with Crippen LogP contribution < -0.4 is 11.1 Å². The molecule has 7 nitrogen and oxygen atoms in total. The summed E-state index contributed by atoms with van der Waals surface area (Å²) in [6, 6.07) is 3.53. The molecule has 0 radical (unpaired) electrons. The molecule has 3 N–H and O–H groups in total. The molecule has 22 heavy (non-hydrogen) atoms. The summed E-state index contributed by atoms with van der Waals surface area (Å²) < 4.78 is 5.03. The van der Waals surface area contributed by atoms with E-state index < -0.39 is 5.91 Å². The van der Waals surface area contributed by atoms with E-state index in [-0.39, 0.29) is 11.6 Å². The summed E-state index contributed by atoms with van der Waals surface area (Å²) in [4.78, 5) is 31.8. The van der Waals surface area contributed by atoms with Crippen LogP contribution >= 0.6 is 11.3 Å². The smallest absolute Gasteiger partial charge is 0.270 e. The Balaban J connectivity index is 1.91. The second-order valence-corrected chi connectivity index (χ2v) is 5.51. The fourth-order valence-corrected chi connectivity index (χ4v) is 2.90. The molecule has 0 fully saturated rings. The Morgan fingerprint density at radius 3 is 2.73 bits per heavy atom. The van der Waals surface area contributed by atoms with Crippen molar-refractivity contribution >= 4 is 28.2 Å². The zero-order valence-corrected chi connectivity index (χ0v) is 12.2. The van der Waals surface area contributed by atoms with Crippen molar-refractivity contribution in [2.75, 3.05) is 11.9 Å². The number of amides is 2. The third-order valence-corrected chi connectivity index (χ3v) is 4.04. The van der Waals surface area contributed by atoms with Crippen molar-refractivity contribution in [1.29, 1.82) is 0 Å². The summed E-state index contributed by atoms with van der Waals surface area (Å²) in [6.45, 7) is 0.483. The maximum Gasteiger partial charge on any atom is 0.270 e. The van der Waals surface area contributed by atoms with Crippen LogP contribution in [-0.2, 0) is 9.53 Å². The van der Waals surface area contributed by atoms with Crippen LogP contribution in [0.4, 0.5) is 5.00 Å². The van der Waals surface area contributed by atoms with E-state index in [1.165, 1.54) is 17.6 Å². The molecule has 2 amide bonds. The van der Waals surface area contributed by atoms with Gasteiger partial charge >= 0.3 is 0 Å². The van der Waals surface area contributed by atoms with Crippen LogP contribution in [0, 0.1) is 0 Å². The molecule has 3 rings (SSSR count). The van der Waals surface area contributed by atoms with Crippen molar-refractivity contribution in [3.8, 4) is 10.6 Å². The van der Waals surface area contributed by atoms with E-state index in [9.17, 15) is 9.59 Å². The number of hydrogen-bond donors (Lipinski definition) is 2. The van der Waals surface area contributed by atoms with Crippen molar-refractivity contribution in [2.45, 2.75) is 6.42 Å². The summed E-state index contributed by atoms with van der Waals surface area (Å²) >= 11 is 1.19. The molecule has 3 heterocycles. The van der Waals surface area contributed by atoms with Gasteiger partial charge in [-0.25, -0.2) is 4.98 Å². The largest absolute Gasteiger partial charge is 0.500 e. The highest BCUT2D eigenvalue weighted by molar-refractivity contribution is 7.19. The average molecular weight is 316 g/mol. The van der Waals surface area contributed by atoms with Gasteiger partial charge in [-0.1, -0.05) is 11.3 Å². The maximum absolute atomic E-state index is 12.1. The third kappa shape index (κ3) is 2.82. The highest BCUT2D eigenvalue weighted by atomic mass is 32.1. The van der Waals surface area contributed by atoms with E-state index in [1.807, 2.05) is 0 Å². The Morgan fingerprint density at radius 1 is 1.32 bits per heavy atom. The molecule has 0 saturated carbocycles. The molecule has 112 valence electrons. The molecule has 2 aromatic rings. The molecule has 0 unspecified atom stereocenters. The van der Waals surface area contributed by atoms with Gasteiger partial charge < -0.3 is 15.8 Å². The SMILES string of the molecule is NC(=O)c1nc(-c2ccncc2)sc1NC(=O)C1=COCC1. The predicted octanol–water partition coefficient (Wildman–Crippen LogP) is 1.55. The van der Waals surface area contributed by atoms with E-state index in [4.69, 9.17) is 10.5 Å². The molecule has 0 aromatic carbocycles. The van der Waals surface area contributed by atoms with Crippen molar-refractivity contribution < 1.29 is 14.3 Å². The number of anilines is 1. The summed E-state index contributed by atoms with van der Waals surface area (Å²) in [5.41, 5.74) is 6.70. The van der Waals surface area contributed by atoms with Crippen molar-refractivity contribution in [3.05, 3.63) is 42.1 Å². The molecule has 0 aliphatic carbocycles. The van der Waals surface area contributed by atoms with Crippen molar-refractivity contribution in [3.63, 3.8) is 0 Å². The van der Waals surface area contributed by atoms with Crippen molar-refractivity contribution in [2.24, 2.45) is 5.73 Å². The van der Waals surface area contributed by atoms with Gasteiger partial charge in [0.15, 0.2) is 5.69 Å². The second kappa shape index (κ2) is 5.94. The number of hydrogen-bond acceptors (Lipinski definition) is 6.